The van der Waals surface area contributed by atoms with Crippen molar-refractivity contribution in [3.05, 3.63) is 57.8 Å². The van der Waals surface area contributed by atoms with Gasteiger partial charge in [-0.3, -0.25) is 4.79 Å². The molecule has 1 aromatic heterocycles. The molecule has 1 atom stereocenters. The topological polar surface area (TPSA) is 29.1 Å². The van der Waals surface area contributed by atoms with Crippen LogP contribution < -0.4 is 5.32 Å². The third kappa shape index (κ3) is 2.94. The second-order valence-corrected chi connectivity index (χ2v) is 5.06. The van der Waals surface area contributed by atoms with Crippen LogP contribution in [0.3, 0.4) is 0 Å². The highest BCUT2D eigenvalue weighted by atomic mass is 32.1. The SMILES string of the molecule is Cc1cccc(C(=O)NC(C)c2cccs2)c1. The Hall–Kier alpha value is -1.61. The van der Waals surface area contributed by atoms with E-state index in [1.807, 2.05) is 55.6 Å². The molecule has 0 radical (unpaired) electrons. The average Bonchev–Trinajstić information content (AvgIpc) is 2.82. The number of carbonyl (C=O) groups excluding carboxylic acids is 1. The minimum atomic E-state index is -0.0189. The Bertz CT molecular complexity index is 505. The molecule has 0 fully saturated rings. The van der Waals surface area contributed by atoms with Gasteiger partial charge in [0.25, 0.3) is 5.91 Å². The summed E-state index contributed by atoms with van der Waals surface area (Å²) in [7, 11) is 0. The first kappa shape index (κ1) is 11.9. The molecule has 1 heterocycles. The molecule has 0 aliphatic heterocycles. The maximum atomic E-state index is 12.0. The first-order valence-electron chi connectivity index (χ1n) is 5.58. The van der Waals surface area contributed by atoms with Gasteiger partial charge in [0.15, 0.2) is 0 Å². The highest BCUT2D eigenvalue weighted by molar-refractivity contribution is 7.10. The molecule has 0 spiro atoms. The number of hydrogen-bond acceptors (Lipinski definition) is 2. The van der Waals surface area contributed by atoms with Gasteiger partial charge in [0.2, 0.25) is 0 Å². The summed E-state index contributed by atoms with van der Waals surface area (Å²) >= 11 is 1.66. The smallest absolute Gasteiger partial charge is 0.251 e. The second-order valence-electron chi connectivity index (χ2n) is 4.08. The van der Waals surface area contributed by atoms with Gasteiger partial charge in [-0.25, -0.2) is 0 Å². The van der Waals surface area contributed by atoms with E-state index < -0.39 is 0 Å². The van der Waals surface area contributed by atoms with Crippen LogP contribution in [0.2, 0.25) is 0 Å². The van der Waals surface area contributed by atoms with Crippen LogP contribution in [0.5, 0.6) is 0 Å². The third-order valence-electron chi connectivity index (χ3n) is 2.60. The lowest BCUT2D eigenvalue weighted by Gasteiger charge is -2.12. The van der Waals surface area contributed by atoms with Crippen molar-refractivity contribution in [3.8, 4) is 0 Å². The first-order valence-corrected chi connectivity index (χ1v) is 6.46. The van der Waals surface area contributed by atoms with E-state index in [2.05, 4.69) is 5.32 Å². The lowest BCUT2D eigenvalue weighted by molar-refractivity contribution is 0.0940. The van der Waals surface area contributed by atoms with Crippen molar-refractivity contribution in [1.82, 2.24) is 5.32 Å². The summed E-state index contributed by atoms with van der Waals surface area (Å²) in [6, 6.07) is 11.7. The Kier molecular flexibility index (Phi) is 3.59. The monoisotopic (exact) mass is 245 g/mol. The van der Waals surface area contributed by atoms with Crippen LogP contribution in [0.25, 0.3) is 0 Å². The standard InChI is InChI=1S/C14H15NOS/c1-10-5-3-6-12(9-10)14(16)15-11(2)13-7-4-8-17-13/h3-9,11H,1-2H3,(H,15,16). The highest BCUT2D eigenvalue weighted by Crippen LogP contribution is 2.18. The molecule has 88 valence electrons. The minimum Gasteiger partial charge on any atom is -0.345 e. The zero-order valence-corrected chi connectivity index (χ0v) is 10.8. The van der Waals surface area contributed by atoms with E-state index in [1.54, 1.807) is 11.3 Å². The highest BCUT2D eigenvalue weighted by Gasteiger charge is 2.11. The maximum Gasteiger partial charge on any atom is 0.251 e. The van der Waals surface area contributed by atoms with Crippen molar-refractivity contribution in [2.24, 2.45) is 0 Å². The van der Waals surface area contributed by atoms with Crippen LogP contribution in [-0.2, 0) is 0 Å². The van der Waals surface area contributed by atoms with Crippen molar-refractivity contribution in [1.29, 1.82) is 0 Å². The average molecular weight is 245 g/mol. The fraction of sp³-hybridized carbons (Fsp3) is 0.214. The van der Waals surface area contributed by atoms with E-state index in [0.717, 1.165) is 5.56 Å². The van der Waals surface area contributed by atoms with Crippen molar-refractivity contribution in [3.63, 3.8) is 0 Å². The zero-order valence-electron chi connectivity index (χ0n) is 9.94. The number of nitrogens with one attached hydrogen (secondary N) is 1. The van der Waals surface area contributed by atoms with Crippen LogP contribution in [0, 0.1) is 6.92 Å². The summed E-state index contributed by atoms with van der Waals surface area (Å²) in [5.41, 5.74) is 1.81. The number of carbonyl (C=O) groups is 1. The summed E-state index contributed by atoms with van der Waals surface area (Å²) in [4.78, 5) is 13.2. The normalized spacial score (nSPS) is 12.1. The van der Waals surface area contributed by atoms with E-state index in [1.165, 1.54) is 4.88 Å². The molecule has 2 nitrogen and oxygen atoms in total. The predicted octanol–water partition coefficient (Wildman–Crippen LogP) is 3.55. The van der Waals surface area contributed by atoms with E-state index >= 15 is 0 Å². The first-order chi connectivity index (χ1) is 8.16. The van der Waals surface area contributed by atoms with Gasteiger partial charge in [0.1, 0.15) is 0 Å². The van der Waals surface area contributed by atoms with Crippen LogP contribution in [0.1, 0.15) is 33.8 Å². The number of aryl methyl sites for hydroxylation is 1. The molecule has 2 rings (SSSR count). The molecule has 1 N–H and O–H groups in total. The number of amides is 1. The van der Waals surface area contributed by atoms with Crippen molar-refractivity contribution >= 4 is 17.2 Å². The summed E-state index contributed by atoms with van der Waals surface area (Å²) in [6.45, 7) is 3.99. The molecule has 1 aromatic carbocycles. The lowest BCUT2D eigenvalue weighted by Crippen LogP contribution is -2.26. The predicted molar refractivity (Wildman–Crippen MR) is 71.4 cm³/mol. The Labute approximate surface area is 105 Å². The number of benzene rings is 1. The molecule has 0 bridgehead atoms. The van der Waals surface area contributed by atoms with Gasteiger partial charge in [0, 0.05) is 10.4 Å². The number of hydrogen-bond donors (Lipinski definition) is 1. The number of thiophene rings is 1. The van der Waals surface area contributed by atoms with Gasteiger partial charge < -0.3 is 5.32 Å². The molecule has 0 aliphatic rings. The van der Waals surface area contributed by atoms with Crippen LogP contribution in [0.15, 0.2) is 41.8 Å². The van der Waals surface area contributed by atoms with E-state index in [9.17, 15) is 4.79 Å². The maximum absolute atomic E-state index is 12.0. The Balaban J connectivity index is 2.07. The molecule has 1 amide bonds. The Morgan fingerprint density at radius 3 is 2.76 bits per heavy atom. The van der Waals surface area contributed by atoms with Gasteiger partial charge >= 0.3 is 0 Å². The Morgan fingerprint density at radius 1 is 1.29 bits per heavy atom. The van der Waals surface area contributed by atoms with E-state index in [4.69, 9.17) is 0 Å². The molecular formula is C14H15NOS. The van der Waals surface area contributed by atoms with Crippen molar-refractivity contribution in [2.75, 3.05) is 0 Å². The lowest BCUT2D eigenvalue weighted by atomic mass is 10.1. The molecule has 0 saturated heterocycles. The third-order valence-corrected chi connectivity index (χ3v) is 3.65. The molecule has 17 heavy (non-hydrogen) atoms. The zero-order chi connectivity index (χ0) is 12.3. The van der Waals surface area contributed by atoms with Gasteiger partial charge in [-0.2, -0.15) is 0 Å². The molecule has 1 unspecified atom stereocenters. The minimum absolute atomic E-state index is 0.0189. The second kappa shape index (κ2) is 5.15. The van der Waals surface area contributed by atoms with E-state index in [-0.39, 0.29) is 11.9 Å². The summed E-state index contributed by atoms with van der Waals surface area (Å²) < 4.78 is 0. The van der Waals surface area contributed by atoms with Gasteiger partial charge in [-0.05, 0) is 37.4 Å². The quantitative estimate of drug-likeness (QED) is 0.880. The van der Waals surface area contributed by atoms with Gasteiger partial charge in [0.05, 0.1) is 6.04 Å². The Morgan fingerprint density at radius 2 is 2.12 bits per heavy atom. The van der Waals surface area contributed by atoms with Crippen molar-refractivity contribution in [2.45, 2.75) is 19.9 Å². The molecule has 2 aromatic rings. The number of rotatable bonds is 3. The van der Waals surface area contributed by atoms with Crippen LogP contribution in [-0.4, -0.2) is 5.91 Å². The van der Waals surface area contributed by atoms with Crippen LogP contribution in [0.4, 0.5) is 0 Å². The van der Waals surface area contributed by atoms with Crippen molar-refractivity contribution < 1.29 is 4.79 Å². The van der Waals surface area contributed by atoms with Gasteiger partial charge in [-0.1, -0.05) is 23.8 Å². The molecule has 3 heteroatoms. The molecule has 0 aliphatic carbocycles. The van der Waals surface area contributed by atoms with E-state index in [0.29, 0.717) is 5.56 Å². The summed E-state index contributed by atoms with van der Waals surface area (Å²) in [5.74, 6) is -0.0189. The summed E-state index contributed by atoms with van der Waals surface area (Å²) in [6.07, 6.45) is 0. The summed E-state index contributed by atoms with van der Waals surface area (Å²) in [5, 5.41) is 5.02. The molecule has 0 saturated carbocycles. The fourth-order valence-corrected chi connectivity index (χ4v) is 2.41. The molecular weight excluding hydrogens is 230 g/mol. The van der Waals surface area contributed by atoms with Gasteiger partial charge in [-0.15, -0.1) is 11.3 Å². The van der Waals surface area contributed by atoms with Crippen LogP contribution >= 0.6 is 11.3 Å². The largest absolute Gasteiger partial charge is 0.345 e. The fourth-order valence-electron chi connectivity index (χ4n) is 1.68.